The molecule has 0 unspecified atom stereocenters. The highest BCUT2D eigenvalue weighted by Crippen LogP contribution is 2.44. The van der Waals surface area contributed by atoms with Gasteiger partial charge in [0.25, 0.3) is 0 Å². The number of carbonyl (C=O) groups is 3. The molecule has 7 heteroatoms. The SMILES string of the molecule is CCOC(=O)[C@@H](CCc1ccccc1)N[C@@H](C)C(=O)N(CC(=O)O)C1C[C@H]2CCCC[C@@H]2C1. The van der Waals surface area contributed by atoms with Crippen LogP contribution in [0.25, 0.3) is 0 Å². The number of amides is 1. The van der Waals surface area contributed by atoms with Crippen LogP contribution in [0.15, 0.2) is 30.3 Å². The summed E-state index contributed by atoms with van der Waals surface area (Å²) in [7, 11) is 0. The first kappa shape index (κ1) is 25.2. The lowest BCUT2D eigenvalue weighted by Crippen LogP contribution is -2.54. The van der Waals surface area contributed by atoms with E-state index in [1.165, 1.54) is 30.6 Å². The second kappa shape index (κ2) is 12.2. The number of carboxylic acid groups (broad SMARTS) is 1. The lowest BCUT2D eigenvalue weighted by molar-refractivity contribution is -0.149. The molecule has 0 saturated heterocycles. The van der Waals surface area contributed by atoms with Gasteiger partial charge in [0.05, 0.1) is 12.6 Å². The van der Waals surface area contributed by atoms with Gasteiger partial charge in [0.2, 0.25) is 5.91 Å². The maximum Gasteiger partial charge on any atom is 0.323 e. The first-order valence-corrected chi connectivity index (χ1v) is 12.4. The topological polar surface area (TPSA) is 95.9 Å². The molecule has 33 heavy (non-hydrogen) atoms. The maximum absolute atomic E-state index is 13.4. The van der Waals surface area contributed by atoms with Crippen LogP contribution in [0.4, 0.5) is 0 Å². The van der Waals surface area contributed by atoms with Crippen molar-refractivity contribution in [2.75, 3.05) is 13.2 Å². The third-order valence-electron chi connectivity index (χ3n) is 7.20. The van der Waals surface area contributed by atoms with E-state index in [9.17, 15) is 19.5 Å². The van der Waals surface area contributed by atoms with Crippen molar-refractivity contribution in [2.24, 2.45) is 11.8 Å². The van der Waals surface area contributed by atoms with Gasteiger partial charge in [-0.1, -0.05) is 56.0 Å². The lowest BCUT2D eigenvalue weighted by Gasteiger charge is -2.32. The highest BCUT2D eigenvalue weighted by atomic mass is 16.5. The zero-order valence-electron chi connectivity index (χ0n) is 19.9. The quantitative estimate of drug-likeness (QED) is 0.494. The minimum atomic E-state index is -1.00. The average Bonchev–Trinajstić information content (AvgIpc) is 3.24. The molecule has 2 saturated carbocycles. The van der Waals surface area contributed by atoms with Gasteiger partial charge in [-0.05, 0) is 56.9 Å². The number of benzene rings is 1. The molecule has 7 nitrogen and oxygen atoms in total. The van der Waals surface area contributed by atoms with Crippen molar-refractivity contribution in [1.82, 2.24) is 10.2 Å². The standard InChI is InChI=1S/C26H38N2O5/c1-3-33-26(32)23(14-13-19-9-5-4-6-10-19)27-18(2)25(31)28(17-24(29)30)22-15-20-11-7-8-12-21(20)16-22/h4-6,9-10,18,20-23,27H,3,7-8,11-17H2,1-2H3,(H,29,30)/t18-,20+,21+,23+/m0/s1. The third-order valence-corrected chi connectivity index (χ3v) is 7.20. The fraction of sp³-hybridized carbons (Fsp3) is 0.654. The zero-order chi connectivity index (χ0) is 23.8. The van der Waals surface area contributed by atoms with Gasteiger partial charge in [0.1, 0.15) is 12.6 Å². The zero-order valence-corrected chi connectivity index (χ0v) is 19.9. The predicted octanol–water partition coefficient (Wildman–Crippen LogP) is 3.41. The molecule has 3 rings (SSSR count). The van der Waals surface area contributed by atoms with Gasteiger partial charge in [0.15, 0.2) is 0 Å². The minimum absolute atomic E-state index is 0.0451. The Balaban J connectivity index is 1.67. The molecule has 0 heterocycles. The van der Waals surface area contributed by atoms with Gasteiger partial charge < -0.3 is 14.7 Å². The number of esters is 1. The Hall–Kier alpha value is -2.41. The Morgan fingerprint density at radius 2 is 1.76 bits per heavy atom. The second-order valence-electron chi connectivity index (χ2n) is 9.51. The minimum Gasteiger partial charge on any atom is -0.480 e. The van der Waals surface area contributed by atoms with Crippen molar-refractivity contribution in [1.29, 1.82) is 0 Å². The summed E-state index contributed by atoms with van der Waals surface area (Å²) < 4.78 is 5.24. The maximum atomic E-state index is 13.4. The fourth-order valence-corrected chi connectivity index (χ4v) is 5.58. The molecule has 0 aliphatic heterocycles. The molecule has 0 spiro atoms. The van der Waals surface area contributed by atoms with E-state index in [0.29, 0.717) is 24.7 Å². The number of carbonyl (C=O) groups excluding carboxylic acids is 2. The Morgan fingerprint density at radius 3 is 2.33 bits per heavy atom. The largest absolute Gasteiger partial charge is 0.480 e. The monoisotopic (exact) mass is 458 g/mol. The van der Waals surface area contributed by atoms with Crippen LogP contribution >= 0.6 is 0 Å². The molecule has 1 aromatic carbocycles. The number of hydrogen-bond donors (Lipinski definition) is 2. The molecule has 0 aromatic heterocycles. The fourth-order valence-electron chi connectivity index (χ4n) is 5.58. The highest BCUT2D eigenvalue weighted by molar-refractivity contribution is 5.86. The van der Waals surface area contributed by atoms with Crippen LogP contribution in [0.5, 0.6) is 0 Å². The van der Waals surface area contributed by atoms with Crippen LogP contribution in [0.3, 0.4) is 0 Å². The summed E-state index contributed by atoms with van der Waals surface area (Å²) in [4.78, 5) is 39.1. The number of aryl methyl sites for hydroxylation is 1. The van der Waals surface area contributed by atoms with Crippen molar-refractivity contribution in [3.8, 4) is 0 Å². The number of fused-ring (bicyclic) bond motifs is 1. The normalized spacial score (nSPS) is 22.2. The predicted molar refractivity (Wildman–Crippen MR) is 126 cm³/mol. The van der Waals surface area contributed by atoms with Crippen molar-refractivity contribution in [3.63, 3.8) is 0 Å². The number of aliphatic carboxylic acids is 1. The molecule has 182 valence electrons. The third kappa shape index (κ3) is 7.03. The van der Waals surface area contributed by atoms with Crippen LogP contribution < -0.4 is 5.32 Å². The van der Waals surface area contributed by atoms with E-state index in [1.54, 1.807) is 13.8 Å². The molecular formula is C26H38N2O5. The second-order valence-corrected chi connectivity index (χ2v) is 9.51. The van der Waals surface area contributed by atoms with E-state index >= 15 is 0 Å². The Bertz CT molecular complexity index is 785. The Labute approximate surface area is 196 Å². The van der Waals surface area contributed by atoms with Gasteiger partial charge in [-0.25, -0.2) is 0 Å². The Morgan fingerprint density at radius 1 is 1.12 bits per heavy atom. The average molecular weight is 459 g/mol. The van der Waals surface area contributed by atoms with Gasteiger partial charge in [0, 0.05) is 6.04 Å². The number of nitrogens with zero attached hydrogens (tertiary/aromatic N) is 1. The van der Waals surface area contributed by atoms with Crippen LogP contribution in [0, 0.1) is 11.8 Å². The van der Waals surface area contributed by atoms with Gasteiger partial charge in [-0.2, -0.15) is 0 Å². The Kier molecular flexibility index (Phi) is 9.30. The van der Waals surface area contributed by atoms with Crippen LogP contribution in [0.1, 0.15) is 64.4 Å². The molecule has 0 radical (unpaired) electrons. The summed E-state index contributed by atoms with van der Waals surface area (Å²) in [6.07, 6.45) is 7.72. The number of ether oxygens (including phenoxy) is 1. The summed E-state index contributed by atoms with van der Waals surface area (Å²) in [5.41, 5.74) is 1.11. The summed E-state index contributed by atoms with van der Waals surface area (Å²) >= 11 is 0. The molecule has 4 atom stereocenters. The van der Waals surface area contributed by atoms with Crippen molar-refractivity contribution >= 4 is 17.8 Å². The van der Waals surface area contributed by atoms with Gasteiger partial charge in [-0.15, -0.1) is 0 Å². The first-order valence-electron chi connectivity index (χ1n) is 12.4. The molecule has 1 amide bonds. The van der Waals surface area contributed by atoms with Gasteiger partial charge in [-0.3, -0.25) is 19.7 Å². The van der Waals surface area contributed by atoms with Crippen molar-refractivity contribution < 1.29 is 24.2 Å². The number of rotatable bonds is 11. The number of nitrogens with one attached hydrogen (secondary N) is 1. The molecular weight excluding hydrogens is 420 g/mol. The summed E-state index contributed by atoms with van der Waals surface area (Å²) in [6, 6.07) is 8.50. The van der Waals surface area contributed by atoms with E-state index in [1.807, 2.05) is 30.3 Å². The van der Waals surface area contributed by atoms with Crippen LogP contribution in [0.2, 0.25) is 0 Å². The number of hydrogen-bond acceptors (Lipinski definition) is 5. The van der Waals surface area contributed by atoms with E-state index < -0.39 is 18.1 Å². The van der Waals surface area contributed by atoms with E-state index in [2.05, 4.69) is 5.32 Å². The first-order chi connectivity index (χ1) is 15.9. The van der Waals surface area contributed by atoms with E-state index in [0.717, 1.165) is 18.4 Å². The smallest absolute Gasteiger partial charge is 0.323 e. The molecule has 0 bridgehead atoms. The van der Waals surface area contributed by atoms with E-state index in [-0.39, 0.29) is 31.1 Å². The van der Waals surface area contributed by atoms with Crippen LogP contribution in [-0.2, 0) is 25.5 Å². The molecule has 2 aliphatic rings. The number of carboxylic acids is 1. The summed E-state index contributed by atoms with van der Waals surface area (Å²) in [5.74, 6) is -0.459. The molecule has 1 aromatic rings. The summed E-state index contributed by atoms with van der Waals surface area (Å²) in [5, 5.41) is 12.6. The molecule has 2 aliphatic carbocycles. The van der Waals surface area contributed by atoms with Crippen LogP contribution in [-0.4, -0.2) is 59.1 Å². The van der Waals surface area contributed by atoms with Gasteiger partial charge >= 0.3 is 11.9 Å². The summed E-state index contributed by atoms with van der Waals surface area (Å²) in [6.45, 7) is 3.44. The molecule has 2 N–H and O–H groups in total. The van der Waals surface area contributed by atoms with Crippen molar-refractivity contribution in [3.05, 3.63) is 35.9 Å². The lowest BCUT2D eigenvalue weighted by atomic mass is 9.82. The molecule has 2 fully saturated rings. The van der Waals surface area contributed by atoms with E-state index in [4.69, 9.17) is 4.74 Å². The van der Waals surface area contributed by atoms with Crippen molar-refractivity contribution in [2.45, 2.75) is 83.3 Å². The highest BCUT2D eigenvalue weighted by Gasteiger charge is 2.41.